The number of fused-ring (bicyclic) bond motifs is 1. The molecule has 0 spiro atoms. The highest BCUT2D eigenvalue weighted by atomic mass is 32.1. The molecule has 3 aromatic rings. The van der Waals surface area contributed by atoms with Gasteiger partial charge in [0.2, 0.25) is 0 Å². The summed E-state index contributed by atoms with van der Waals surface area (Å²) in [4.78, 5) is 20.0. The van der Waals surface area contributed by atoms with Gasteiger partial charge in [0.1, 0.15) is 5.75 Å². The van der Waals surface area contributed by atoms with E-state index in [1.54, 1.807) is 6.07 Å². The lowest BCUT2D eigenvalue weighted by Crippen LogP contribution is -2.53. The summed E-state index contributed by atoms with van der Waals surface area (Å²) in [5, 5.41) is 9.60. The van der Waals surface area contributed by atoms with Crippen molar-refractivity contribution in [2.24, 2.45) is 0 Å². The molecular formula is C25H28F3N3O3S. The number of ether oxygens (including phenoxy) is 1. The molecule has 188 valence electrons. The highest BCUT2D eigenvalue weighted by Gasteiger charge is 2.32. The van der Waals surface area contributed by atoms with E-state index in [9.17, 15) is 18.0 Å². The Labute approximate surface area is 205 Å². The summed E-state index contributed by atoms with van der Waals surface area (Å²) in [5.41, 5.74) is 0.977. The van der Waals surface area contributed by atoms with E-state index in [1.807, 2.05) is 18.2 Å². The van der Waals surface area contributed by atoms with E-state index in [1.165, 1.54) is 23.5 Å². The standard InChI is InChI=1S/C25H28F3N3O3S/c1-2-3-6-19-15-30(14-17-5-4-7-20(12-17)34-16-23(32)33)10-11-31(19)24-29-21-9-8-18(25(26,27)28)13-22(21)35-24/h4-5,7-9,12-13,19H,2-3,6,10-11,14-16H2,1H3,(H,32,33). The van der Waals surface area contributed by atoms with E-state index >= 15 is 0 Å². The zero-order valence-corrected chi connectivity index (χ0v) is 20.2. The van der Waals surface area contributed by atoms with E-state index in [2.05, 4.69) is 21.7 Å². The highest BCUT2D eigenvalue weighted by molar-refractivity contribution is 7.22. The van der Waals surface area contributed by atoms with Gasteiger partial charge >= 0.3 is 12.1 Å². The van der Waals surface area contributed by atoms with E-state index < -0.39 is 17.7 Å². The Bertz CT molecular complexity index is 1170. The number of halogens is 3. The molecule has 6 nitrogen and oxygen atoms in total. The van der Waals surface area contributed by atoms with Gasteiger partial charge < -0.3 is 14.7 Å². The Morgan fingerprint density at radius 2 is 2.06 bits per heavy atom. The van der Waals surface area contributed by atoms with Crippen molar-refractivity contribution >= 4 is 32.7 Å². The Morgan fingerprint density at radius 1 is 1.23 bits per heavy atom. The van der Waals surface area contributed by atoms with Crippen molar-refractivity contribution in [2.45, 2.75) is 44.9 Å². The van der Waals surface area contributed by atoms with Crippen LogP contribution < -0.4 is 9.64 Å². The van der Waals surface area contributed by atoms with E-state index in [0.29, 0.717) is 22.5 Å². The van der Waals surface area contributed by atoms with Gasteiger partial charge in [-0.05, 0) is 42.3 Å². The second-order valence-electron chi connectivity index (χ2n) is 8.73. The zero-order valence-electron chi connectivity index (χ0n) is 19.4. The molecule has 35 heavy (non-hydrogen) atoms. The first-order chi connectivity index (χ1) is 16.7. The van der Waals surface area contributed by atoms with Crippen LogP contribution in [0.25, 0.3) is 10.2 Å². The van der Waals surface area contributed by atoms with Crippen LogP contribution in [-0.4, -0.2) is 53.2 Å². The third-order valence-corrected chi connectivity index (χ3v) is 7.13. The largest absolute Gasteiger partial charge is 0.482 e. The number of rotatable bonds is 9. The third-order valence-electron chi connectivity index (χ3n) is 6.07. The summed E-state index contributed by atoms with van der Waals surface area (Å²) >= 11 is 1.32. The maximum absolute atomic E-state index is 13.1. The van der Waals surface area contributed by atoms with Gasteiger partial charge in [-0.15, -0.1) is 0 Å². The molecule has 0 amide bonds. The van der Waals surface area contributed by atoms with Gasteiger partial charge in [-0.2, -0.15) is 13.2 Å². The summed E-state index contributed by atoms with van der Waals surface area (Å²) in [7, 11) is 0. The van der Waals surface area contributed by atoms with Crippen molar-refractivity contribution in [3.63, 3.8) is 0 Å². The maximum atomic E-state index is 13.1. The molecule has 0 bridgehead atoms. The molecule has 0 aliphatic carbocycles. The number of alkyl halides is 3. The van der Waals surface area contributed by atoms with Crippen molar-refractivity contribution in [1.29, 1.82) is 0 Å². The first-order valence-corrected chi connectivity index (χ1v) is 12.4. The number of carboxylic acid groups (broad SMARTS) is 1. The monoisotopic (exact) mass is 507 g/mol. The number of benzene rings is 2. The molecule has 0 saturated carbocycles. The molecule has 1 N–H and O–H groups in total. The number of hydrogen-bond acceptors (Lipinski definition) is 6. The zero-order chi connectivity index (χ0) is 25.0. The number of aromatic nitrogens is 1. The van der Waals surface area contributed by atoms with Crippen molar-refractivity contribution < 1.29 is 27.8 Å². The minimum Gasteiger partial charge on any atom is -0.482 e. The van der Waals surface area contributed by atoms with Crippen LogP contribution in [0.15, 0.2) is 42.5 Å². The van der Waals surface area contributed by atoms with Crippen molar-refractivity contribution in [3.05, 3.63) is 53.6 Å². The fraction of sp³-hybridized carbons (Fsp3) is 0.440. The number of aliphatic carboxylic acids is 1. The van der Waals surface area contributed by atoms with Gasteiger partial charge in [-0.1, -0.05) is 43.2 Å². The molecule has 4 rings (SSSR count). The van der Waals surface area contributed by atoms with E-state index in [4.69, 9.17) is 9.84 Å². The number of piperazine rings is 1. The van der Waals surface area contributed by atoms with E-state index in [0.717, 1.165) is 55.7 Å². The van der Waals surface area contributed by atoms with Gasteiger partial charge in [0.15, 0.2) is 11.7 Å². The van der Waals surface area contributed by atoms with Crippen molar-refractivity contribution in [2.75, 3.05) is 31.1 Å². The smallest absolute Gasteiger partial charge is 0.416 e. The van der Waals surface area contributed by atoms with Crippen LogP contribution in [0.4, 0.5) is 18.3 Å². The molecule has 0 radical (unpaired) electrons. The molecular weight excluding hydrogens is 479 g/mol. The Hall–Kier alpha value is -2.85. The minimum absolute atomic E-state index is 0.206. The maximum Gasteiger partial charge on any atom is 0.416 e. The van der Waals surface area contributed by atoms with Gasteiger partial charge in [0, 0.05) is 32.2 Å². The average molecular weight is 508 g/mol. The highest BCUT2D eigenvalue weighted by Crippen LogP contribution is 2.36. The average Bonchev–Trinajstić information content (AvgIpc) is 3.24. The normalized spacial score (nSPS) is 17.1. The number of hydrogen-bond donors (Lipinski definition) is 1. The van der Waals surface area contributed by atoms with Crippen molar-refractivity contribution in [3.8, 4) is 5.75 Å². The topological polar surface area (TPSA) is 65.9 Å². The molecule has 1 atom stereocenters. The molecule has 10 heteroatoms. The van der Waals surface area contributed by atoms with Crippen LogP contribution in [0, 0.1) is 0 Å². The first-order valence-electron chi connectivity index (χ1n) is 11.6. The number of carbonyl (C=O) groups is 1. The molecule has 2 aromatic carbocycles. The number of anilines is 1. The number of carboxylic acids is 1. The van der Waals surface area contributed by atoms with Crippen LogP contribution in [0.2, 0.25) is 0 Å². The molecule has 1 saturated heterocycles. The van der Waals surface area contributed by atoms with Crippen LogP contribution in [0.1, 0.15) is 37.3 Å². The van der Waals surface area contributed by atoms with Gasteiger partial charge in [0.05, 0.1) is 15.8 Å². The Balaban J connectivity index is 1.48. The quantitative estimate of drug-likeness (QED) is 0.403. The number of unbranched alkanes of at least 4 members (excludes halogenated alkanes) is 1. The summed E-state index contributed by atoms with van der Waals surface area (Å²) < 4.78 is 45.3. The third kappa shape index (κ3) is 6.43. The molecule has 1 aliphatic heterocycles. The van der Waals surface area contributed by atoms with Gasteiger partial charge in [0.25, 0.3) is 0 Å². The fourth-order valence-corrected chi connectivity index (χ4v) is 5.45. The second kappa shape index (κ2) is 10.8. The van der Waals surface area contributed by atoms with E-state index in [-0.39, 0.29) is 12.6 Å². The van der Waals surface area contributed by atoms with Crippen LogP contribution in [-0.2, 0) is 17.5 Å². The fourth-order valence-electron chi connectivity index (χ4n) is 4.35. The molecule has 1 aliphatic rings. The summed E-state index contributed by atoms with van der Waals surface area (Å²) in [6.45, 7) is 4.79. The number of thiazole rings is 1. The first kappa shape index (κ1) is 25.2. The second-order valence-corrected chi connectivity index (χ2v) is 9.74. The van der Waals surface area contributed by atoms with Gasteiger partial charge in [-0.25, -0.2) is 9.78 Å². The molecule has 2 heterocycles. The Morgan fingerprint density at radius 3 is 2.80 bits per heavy atom. The lowest BCUT2D eigenvalue weighted by molar-refractivity contribution is -0.139. The summed E-state index contributed by atoms with van der Waals surface area (Å²) in [6.07, 6.45) is -1.29. The lowest BCUT2D eigenvalue weighted by Gasteiger charge is -2.41. The summed E-state index contributed by atoms with van der Waals surface area (Å²) in [5.74, 6) is -0.492. The molecule has 1 aromatic heterocycles. The van der Waals surface area contributed by atoms with Crippen LogP contribution >= 0.6 is 11.3 Å². The Kier molecular flexibility index (Phi) is 7.81. The lowest BCUT2D eigenvalue weighted by atomic mass is 10.0. The van der Waals surface area contributed by atoms with Crippen molar-refractivity contribution in [1.82, 2.24) is 9.88 Å². The van der Waals surface area contributed by atoms with Crippen LogP contribution in [0.5, 0.6) is 5.75 Å². The van der Waals surface area contributed by atoms with Crippen LogP contribution in [0.3, 0.4) is 0 Å². The molecule has 1 fully saturated rings. The van der Waals surface area contributed by atoms with Gasteiger partial charge in [-0.3, -0.25) is 4.90 Å². The predicted octanol–water partition coefficient (Wildman–Crippen LogP) is 5.66. The predicted molar refractivity (Wildman–Crippen MR) is 130 cm³/mol. The molecule has 1 unspecified atom stereocenters. The minimum atomic E-state index is -4.37. The summed E-state index contributed by atoms with van der Waals surface area (Å²) in [6, 6.07) is 11.4. The number of nitrogens with zero attached hydrogens (tertiary/aromatic N) is 3. The SMILES string of the molecule is CCCCC1CN(Cc2cccc(OCC(=O)O)c2)CCN1c1nc2ccc(C(F)(F)F)cc2s1.